The van der Waals surface area contributed by atoms with Gasteiger partial charge in [-0.3, -0.25) is 0 Å². The van der Waals surface area contributed by atoms with Crippen LogP contribution in [-0.4, -0.2) is 50.8 Å². The van der Waals surface area contributed by atoms with Crippen molar-refractivity contribution in [1.29, 1.82) is 0 Å². The zero-order valence-corrected chi connectivity index (χ0v) is 18.4. The smallest absolute Gasteiger partial charge is 0.114 e. The Hall–Kier alpha value is -0.302. The maximum atomic E-state index is 8.83. The molecule has 0 saturated heterocycles. The maximum absolute atomic E-state index is 8.83. The predicted octanol–water partition coefficient (Wildman–Crippen LogP) is -1.54. The second kappa shape index (κ2) is 21.7. The first-order valence-electron chi connectivity index (χ1n) is 5.03. The summed E-state index contributed by atoms with van der Waals surface area (Å²) < 4.78 is 12.9. The van der Waals surface area contributed by atoms with Crippen LogP contribution >= 0.6 is 0 Å². The molecule has 12 heteroatoms. The van der Waals surface area contributed by atoms with Crippen molar-refractivity contribution in [3.8, 4) is 0 Å². The summed E-state index contributed by atoms with van der Waals surface area (Å²) in [7, 11) is 11.5. The van der Waals surface area contributed by atoms with Crippen LogP contribution in [0.1, 0.15) is 11.8 Å². The second-order valence-corrected chi connectivity index (χ2v) is 2.82. The van der Waals surface area contributed by atoms with E-state index >= 15 is 0 Å². The SMILES string of the molecule is CO[C-]=O.O=[C-]O.[B]c1[c-]oc(C)n1.[B]c1[c-]oc(C)n1.[Y].[Y]. The van der Waals surface area contributed by atoms with Crippen molar-refractivity contribution < 1.29 is 93.7 Å². The Morgan fingerprint density at radius 3 is 1.35 bits per heavy atom. The third-order valence-electron chi connectivity index (χ3n) is 1.25. The number of methoxy groups -OCH3 is 1. The molecule has 116 valence electrons. The molecule has 1 N–H and O–H groups in total. The molecule has 0 aliphatic carbocycles. The standard InChI is InChI=1S/2C4H3BNO.C2H3O2.CHO2.2Y/c2*1-3-6-4(5)2-7-3;1-4-2-3;2-1-3;;/h2*1H3;1H3;(H,2,3);;/q4*-1;;. The van der Waals surface area contributed by atoms with E-state index in [2.05, 4.69) is 36.1 Å². The van der Waals surface area contributed by atoms with Crippen LogP contribution in [0, 0.1) is 26.4 Å². The van der Waals surface area contributed by atoms with Crippen molar-refractivity contribution in [2.45, 2.75) is 13.8 Å². The van der Waals surface area contributed by atoms with Crippen LogP contribution in [-0.2, 0) is 79.7 Å². The van der Waals surface area contributed by atoms with Gasteiger partial charge in [-0.15, -0.1) is 0 Å². The van der Waals surface area contributed by atoms with E-state index in [9.17, 15) is 0 Å². The first-order valence-corrected chi connectivity index (χ1v) is 5.03. The Morgan fingerprint density at radius 2 is 1.30 bits per heavy atom. The van der Waals surface area contributed by atoms with Gasteiger partial charge in [0.2, 0.25) is 0 Å². The molecule has 0 bridgehead atoms. The molecular formula is C11H10B2N2O6Y2-4. The van der Waals surface area contributed by atoms with Gasteiger partial charge in [-0.1, -0.05) is 50.5 Å². The summed E-state index contributed by atoms with van der Waals surface area (Å²) in [6.45, 7) is 5.11. The summed E-state index contributed by atoms with van der Waals surface area (Å²) in [5, 5.41) is 6.76. The van der Waals surface area contributed by atoms with Gasteiger partial charge in [0.25, 0.3) is 0 Å². The predicted molar refractivity (Wildman–Crippen MR) is 72.0 cm³/mol. The van der Waals surface area contributed by atoms with Crippen molar-refractivity contribution >= 4 is 39.8 Å². The fraction of sp³-hybridized carbons (Fsp3) is 0.273. The monoisotopic (exact) mass is 466 g/mol. The molecule has 2 rings (SSSR count). The minimum atomic E-state index is 0. The quantitative estimate of drug-likeness (QED) is 0.398. The number of aliphatic hydroxyl groups excluding tert-OH is 1. The van der Waals surface area contributed by atoms with Crippen molar-refractivity contribution in [2.24, 2.45) is 0 Å². The molecule has 0 spiro atoms. The number of nitrogens with zero attached hydrogens (tertiary/aromatic N) is 2. The normalized spacial score (nSPS) is 7.09. The second-order valence-electron chi connectivity index (χ2n) is 2.82. The van der Waals surface area contributed by atoms with Crippen LogP contribution in [0.25, 0.3) is 0 Å². The Balaban J connectivity index is -0.000000108. The number of aryl methyl sites for hydroxylation is 2. The molecule has 0 aliphatic rings. The molecule has 2 aromatic rings. The average molecular weight is 466 g/mol. The number of carbonyl (C=O) groups excluding carboxylic acids is 1. The fourth-order valence-corrected chi connectivity index (χ4v) is 0.683. The van der Waals surface area contributed by atoms with Crippen molar-refractivity contribution in [3.63, 3.8) is 0 Å². The van der Waals surface area contributed by atoms with Crippen molar-refractivity contribution in [2.75, 3.05) is 7.11 Å². The minimum Gasteiger partial charge on any atom is -0.665 e. The van der Waals surface area contributed by atoms with Gasteiger partial charge in [-0.2, -0.15) is 0 Å². The summed E-state index contributed by atoms with van der Waals surface area (Å²) in [6, 6.07) is 0. The van der Waals surface area contributed by atoms with E-state index in [1.165, 1.54) is 13.6 Å². The van der Waals surface area contributed by atoms with E-state index in [0.717, 1.165) is 0 Å². The molecule has 0 unspecified atom stereocenters. The van der Waals surface area contributed by atoms with Crippen LogP contribution in [0.2, 0.25) is 0 Å². The van der Waals surface area contributed by atoms with E-state index < -0.39 is 0 Å². The van der Waals surface area contributed by atoms with Gasteiger partial charge in [0.15, 0.2) is 0 Å². The summed E-state index contributed by atoms with van der Waals surface area (Å²) in [6.07, 6.45) is 4.72. The Bertz CT molecular complexity index is 439. The average Bonchev–Trinajstić information content (AvgIpc) is 2.99. The first-order chi connectivity index (χ1) is 9.90. The van der Waals surface area contributed by atoms with E-state index in [1.807, 2.05) is 0 Å². The molecule has 0 aromatic carbocycles. The number of ether oxygens (including phenoxy) is 1. The van der Waals surface area contributed by atoms with Gasteiger partial charge in [0.05, 0.1) is 0 Å². The number of hydrogen-bond acceptors (Lipinski definition) is 7. The van der Waals surface area contributed by atoms with Gasteiger partial charge >= 0.3 is 0 Å². The zero-order chi connectivity index (χ0) is 16.7. The van der Waals surface area contributed by atoms with E-state index in [-0.39, 0.29) is 65.4 Å². The molecule has 6 radical (unpaired) electrons. The van der Waals surface area contributed by atoms with Crippen LogP contribution < -0.4 is 11.2 Å². The molecule has 0 amide bonds. The van der Waals surface area contributed by atoms with Gasteiger partial charge in [-0.25, -0.2) is 0 Å². The number of rotatable bonds is 1. The molecule has 0 fully saturated rings. The molecule has 23 heavy (non-hydrogen) atoms. The van der Waals surface area contributed by atoms with E-state index in [0.29, 0.717) is 29.4 Å². The first kappa shape index (κ1) is 30.6. The molecule has 2 heterocycles. The molecule has 0 saturated carbocycles. The summed E-state index contributed by atoms with van der Waals surface area (Å²) >= 11 is 0. The van der Waals surface area contributed by atoms with Crippen LogP contribution in [0.15, 0.2) is 8.83 Å². The third-order valence-corrected chi connectivity index (χ3v) is 1.25. The number of oxazole rings is 2. The van der Waals surface area contributed by atoms with E-state index in [4.69, 9.17) is 30.4 Å². The zero-order valence-electron chi connectivity index (χ0n) is 12.7. The summed E-state index contributed by atoms with van der Waals surface area (Å²) in [4.78, 5) is 24.4. The van der Waals surface area contributed by atoms with Gasteiger partial charge < -0.3 is 38.2 Å². The number of hydrogen-bond donors (Lipinski definition) is 1. The topological polar surface area (TPSA) is 116 Å². The Kier molecular flexibility index (Phi) is 28.8. The molecule has 0 atom stereocenters. The molecular weight excluding hydrogens is 456 g/mol. The van der Waals surface area contributed by atoms with Gasteiger partial charge in [0, 0.05) is 84.3 Å². The Labute approximate surface area is 187 Å². The fourth-order valence-electron chi connectivity index (χ4n) is 0.683. The Morgan fingerprint density at radius 1 is 1.04 bits per heavy atom. The minimum absolute atomic E-state index is 0. The van der Waals surface area contributed by atoms with Gasteiger partial charge in [-0.05, 0) is 0 Å². The van der Waals surface area contributed by atoms with Crippen LogP contribution in [0.3, 0.4) is 0 Å². The van der Waals surface area contributed by atoms with E-state index in [1.54, 1.807) is 13.8 Å². The van der Waals surface area contributed by atoms with Crippen molar-refractivity contribution in [1.82, 2.24) is 9.97 Å². The summed E-state index contributed by atoms with van der Waals surface area (Å²) in [5.41, 5.74) is 0.634. The van der Waals surface area contributed by atoms with Crippen molar-refractivity contribution in [3.05, 3.63) is 24.3 Å². The molecule has 0 aliphatic heterocycles. The number of aromatic nitrogens is 2. The third kappa shape index (κ3) is 24.1. The largest absolute Gasteiger partial charge is 0.665 e. The van der Waals surface area contributed by atoms with Gasteiger partial charge in [0.1, 0.15) is 15.7 Å². The maximum Gasteiger partial charge on any atom is 0.114 e. The summed E-state index contributed by atoms with van der Waals surface area (Å²) in [5.74, 6) is 1.11. The van der Waals surface area contributed by atoms with Crippen LogP contribution in [0.5, 0.6) is 0 Å². The molecule has 2 aromatic heterocycles. The van der Waals surface area contributed by atoms with Crippen LogP contribution in [0.4, 0.5) is 0 Å². The molecule has 8 nitrogen and oxygen atoms in total.